The van der Waals surface area contributed by atoms with Crippen molar-refractivity contribution >= 4 is 40.7 Å². The van der Waals surface area contributed by atoms with E-state index in [2.05, 4.69) is 32.9 Å². The highest BCUT2D eigenvalue weighted by Gasteiger charge is 2.32. The number of carboxylic acids is 1. The first-order valence-corrected chi connectivity index (χ1v) is 20.6. The third-order valence-electron chi connectivity index (χ3n) is 12.3. The molecule has 304 valence electrons. The van der Waals surface area contributed by atoms with Crippen molar-refractivity contribution in [2.24, 2.45) is 59.2 Å². The zero-order chi connectivity index (χ0) is 41.0. The predicted molar refractivity (Wildman–Crippen MR) is 216 cm³/mol. The van der Waals surface area contributed by atoms with E-state index in [1.54, 1.807) is 34.6 Å². The Balaban J connectivity index is 0.000000338. The summed E-state index contributed by atoms with van der Waals surface area (Å²) in [7, 11) is 0. The van der Waals surface area contributed by atoms with Gasteiger partial charge in [-0.25, -0.2) is 0 Å². The highest BCUT2D eigenvalue weighted by molar-refractivity contribution is 5.88. The van der Waals surface area contributed by atoms with Crippen LogP contribution in [0.4, 0.5) is 0 Å². The maximum atomic E-state index is 11.1. The van der Waals surface area contributed by atoms with Gasteiger partial charge in [0.25, 0.3) is 0 Å². The Morgan fingerprint density at radius 2 is 0.611 bits per heavy atom. The van der Waals surface area contributed by atoms with Crippen LogP contribution in [0.25, 0.3) is 0 Å². The lowest BCUT2D eigenvalue weighted by Gasteiger charge is -2.26. The molecule has 5 aliphatic carbocycles. The van der Waals surface area contributed by atoms with Crippen molar-refractivity contribution in [3.8, 4) is 0 Å². The highest BCUT2D eigenvalue weighted by Crippen LogP contribution is 2.31. The molecule has 2 fully saturated rings. The molecule has 0 aromatic heterocycles. The quantitative estimate of drug-likeness (QED) is 0.254. The molecule has 10 atom stereocenters. The van der Waals surface area contributed by atoms with Crippen molar-refractivity contribution in [3.05, 3.63) is 36.5 Å². The molecular formula is C46H72O8. The summed E-state index contributed by atoms with van der Waals surface area (Å²) in [5.74, 6) is 2.49. The van der Waals surface area contributed by atoms with Gasteiger partial charge >= 0.3 is 5.97 Å². The number of aliphatic carboxylic acids is 1. The molecule has 0 bridgehead atoms. The minimum Gasteiger partial charge on any atom is -0.481 e. The molecule has 54 heavy (non-hydrogen) atoms. The molecule has 2 saturated carbocycles. The third-order valence-corrected chi connectivity index (χ3v) is 12.3. The molecule has 0 radical (unpaired) electrons. The van der Waals surface area contributed by atoms with Crippen molar-refractivity contribution in [3.63, 3.8) is 0 Å². The van der Waals surface area contributed by atoms with Crippen LogP contribution in [-0.2, 0) is 33.6 Å². The lowest BCUT2D eigenvalue weighted by Crippen LogP contribution is -2.29. The van der Waals surface area contributed by atoms with Gasteiger partial charge in [0, 0.05) is 35.5 Å². The van der Waals surface area contributed by atoms with Crippen molar-refractivity contribution < 1.29 is 38.7 Å². The van der Waals surface area contributed by atoms with Gasteiger partial charge in [-0.1, -0.05) is 95.8 Å². The largest absolute Gasteiger partial charge is 0.481 e. The summed E-state index contributed by atoms with van der Waals surface area (Å²) in [6, 6.07) is 0. The second-order valence-electron chi connectivity index (χ2n) is 16.6. The normalized spacial score (nSPS) is 31.1. The number of carbonyl (C=O) groups excluding carboxylic acids is 6. The standard InChI is InChI=1S/C10H14O2.C9H12O3.2C9H16O.C9H14O/c1-7(11)9-5-3-4-6-10(9)8(2)12;1-6(10)7-4-2-3-5-8(7)9(11)12;3*1-7-5-3-4-6-9(7)8(2)10/h3-4,9-10H,5-6H2,1-2H3;2-3,7-8H,4-5H2,1H3,(H,11,12);2*7,9H,3-6H2,1-2H3;3-4,7,9H,5-6H2,1-2H3/t9-,10+;7-,8-;7-,9+;7-,9-;7-,9+/m.1111/s1. The fourth-order valence-corrected chi connectivity index (χ4v) is 8.61. The van der Waals surface area contributed by atoms with Crippen LogP contribution in [0.1, 0.15) is 152 Å². The molecular weight excluding hydrogens is 680 g/mol. The molecule has 1 N–H and O–H groups in total. The van der Waals surface area contributed by atoms with Gasteiger partial charge in [-0.05, 0) is 111 Å². The topological polar surface area (TPSA) is 140 Å². The van der Waals surface area contributed by atoms with Gasteiger partial charge in [-0.2, -0.15) is 0 Å². The predicted octanol–water partition coefficient (Wildman–Crippen LogP) is 9.97. The lowest BCUT2D eigenvalue weighted by atomic mass is 9.78. The van der Waals surface area contributed by atoms with E-state index in [0.717, 1.165) is 38.5 Å². The molecule has 0 aromatic carbocycles. The summed E-state index contributed by atoms with van der Waals surface area (Å²) < 4.78 is 0. The van der Waals surface area contributed by atoms with E-state index >= 15 is 0 Å². The number of hydrogen-bond acceptors (Lipinski definition) is 7. The Kier molecular flexibility index (Phi) is 23.2. The monoisotopic (exact) mass is 753 g/mol. The van der Waals surface area contributed by atoms with E-state index < -0.39 is 11.9 Å². The first kappa shape index (κ1) is 48.7. The van der Waals surface area contributed by atoms with Gasteiger partial charge in [0.05, 0.1) is 5.92 Å². The van der Waals surface area contributed by atoms with E-state index in [9.17, 15) is 33.6 Å². The second kappa shape index (κ2) is 25.7. The van der Waals surface area contributed by atoms with E-state index in [1.807, 2.05) is 24.3 Å². The van der Waals surface area contributed by atoms with Crippen LogP contribution in [0.3, 0.4) is 0 Å². The smallest absolute Gasteiger partial charge is 0.307 e. The van der Waals surface area contributed by atoms with Gasteiger partial charge in [0.2, 0.25) is 0 Å². The van der Waals surface area contributed by atoms with E-state index in [0.29, 0.717) is 65.7 Å². The summed E-state index contributed by atoms with van der Waals surface area (Å²) >= 11 is 0. The molecule has 0 amide bonds. The summed E-state index contributed by atoms with van der Waals surface area (Å²) in [5.41, 5.74) is 0. The Labute approximate surface area is 326 Å². The summed E-state index contributed by atoms with van der Waals surface area (Å²) in [4.78, 5) is 76.9. The summed E-state index contributed by atoms with van der Waals surface area (Å²) in [6.45, 7) is 16.3. The van der Waals surface area contributed by atoms with Gasteiger partial charge in [-0.3, -0.25) is 33.6 Å². The Morgan fingerprint density at radius 3 is 0.833 bits per heavy atom. The Bertz CT molecular complexity index is 1210. The molecule has 8 nitrogen and oxygen atoms in total. The number of carboxylic acid groups (broad SMARTS) is 1. The molecule has 0 aromatic rings. The minimum absolute atomic E-state index is 0.0215. The first-order chi connectivity index (χ1) is 25.4. The number of Topliss-reactive ketones (excluding diaryl/α,β-unsaturated/α-hetero) is 6. The fourth-order valence-electron chi connectivity index (χ4n) is 8.61. The average molecular weight is 753 g/mol. The maximum absolute atomic E-state index is 11.1. The second-order valence-corrected chi connectivity index (χ2v) is 16.6. The lowest BCUT2D eigenvalue weighted by molar-refractivity contribution is -0.146. The molecule has 5 aliphatic rings. The number of hydrogen-bond donors (Lipinski definition) is 1. The van der Waals surface area contributed by atoms with Crippen molar-refractivity contribution in [1.82, 2.24) is 0 Å². The highest BCUT2D eigenvalue weighted by atomic mass is 16.4. The molecule has 5 rings (SSSR count). The molecule has 0 aliphatic heterocycles. The molecule has 0 heterocycles. The van der Waals surface area contributed by atoms with Crippen LogP contribution < -0.4 is 0 Å². The van der Waals surface area contributed by atoms with E-state index in [4.69, 9.17) is 5.11 Å². The summed E-state index contributed by atoms with van der Waals surface area (Å²) in [5, 5.41) is 8.77. The molecule has 8 heteroatoms. The van der Waals surface area contributed by atoms with Gasteiger partial charge < -0.3 is 5.11 Å². The zero-order valence-electron chi connectivity index (χ0n) is 34.9. The molecule has 0 unspecified atom stereocenters. The third kappa shape index (κ3) is 17.5. The Hall–Kier alpha value is -3.29. The van der Waals surface area contributed by atoms with Crippen LogP contribution in [0.2, 0.25) is 0 Å². The van der Waals surface area contributed by atoms with Crippen LogP contribution in [0.15, 0.2) is 36.5 Å². The maximum Gasteiger partial charge on any atom is 0.307 e. The number of ketones is 6. The van der Waals surface area contributed by atoms with E-state index in [-0.39, 0.29) is 35.1 Å². The number of carbonyl (C=O) groups is 7. The van der Waals surface area contributed by atoms with E-state index in [1.165, 1.54) is 45.4 Å². The number of rotatable bonds is 7. The van der Waals surface area contributed by atoms with Crippen LogP contribution >= 0.6 is 0 Å². The van der Waals surface area contributed by atoms with Gasteiger partial charge in [0.15, 0.2) is 0 Å². The van der Waals surface area contributed by atoms with Crippen molar-refractivity contribution in [2.45, 2.75) is 152 Å². The van der Waals surface area contributed by atoms with Crippen molar-refractivity contribution in [2.75, 3.05) is 0 Å². The number of allylic oxidation sites excluding steroid dienone is 6. The first-order valence-electron chi connectivity index (χ1n) is 20.6. The molecule has 0 spiro atoms. The van der Waals surface area contributed by atoms with Crippen LogP contribution in [-0.4, -0.2) is 45.8 Å². The van der Waals surface area contributed by atoms with Crippen LogP contribution in [0.5, 0.6) is 0 Å². The minimum atomic E-state index is -0.862. The van der Waals surface area contributed by atoms with Crippen molar-refractivity contribution in [1.29, 1.82) is 0 Å². The molecule has 0 saturated heterocycles. The average Bonchev–Trinajstić information content (AvgIpc) is 3.13. The van der Waals surface area contributed by atoms with Crippen LogP contribution in [0, 0.1) is 59.2 Å². The zero-order valence-corrected chi connectivity index (χ0v) is 34.9. The summed E-state index contributed by atoms with van der Waals surface area (Å²) in [6.07, 6.45) is 26.5. The van der Waals surface area contributed by atoms with Gasteiger partial charge in [-0.15, -0.1) is 0 Å². The fraction of sp³-hybridized carbons (Fsp3) is 0.717. The van der Waals surface area contributed by atoms with Gasteiger partial charge in [0.1, 0.15) is 34.7 Å². The Morgan fingerprint density at radius 1 is 0.352 bits per heavy atom. The SMILES string of the molecule is CC(=O)[C@@H]1CCCC[C@H]1C.CC(=O)[C@H]1CC=CC[C@H]1C.CC(=O)[C@H]1CC=CC[C@H]1C(=O)O.CC(=O)[C@H]1CC=CC[C@H]1C(C)=O.CC(=O)[C@H]1CCCC[C@H]1C.